The summed E-state index contributed by atoms with van der Waals surface area (Å²) in [7, 11) is 1.18. The van der Waals surface area contributed by atoms with E-state index in [1.165, 1.54) is 25.2 Å². The average Bonchev–Trinajstić information content (AvgIpc) is 2.57. The highest BCUT2D eigenvalue weighted by molar-refractivity contribution is 6.44. The second-order valence-corrected chi connectivity index (χ2v) is 3.92. The standard InChI is InChI=1S/C11H9N3O5/c1-12-9(15)10(16)13(11(12)17)6-7-4-2-3-5-8(7)14(18)19/h2-5H,6H2,1H3. The molecule has 8 nitrogen and oxygen atoms in total. The fourth-order valence-corrected chi connectivity index (χ4v) is 1.75. The molecule has 0 unspecified atom stereocenters. The monoisotopic (exact) mass is 263 g/mol. The van der Waals surface area contributed by atoms with Gasteiger partial charge < -0.3 is 0 Å². The van der Waals surface area contributed by atoms with Crippen LogP contribution in [-0.4, -0.2) is 39.6 Å². The van der Waals surface area contributed by atoms with Gasteiger partial charge in [-0.1, -0.05) is 18.2 Å². The van der Waals surface area contributed by atoms with Crippen molar-refractivity contribution >= 4 is 23.5 Å². The molecule has 0 N–H and O–H groups in total. The van der Waals surface area contributed by atoms with Gasteiger partial charge in [-0.15, -0.1) is 0 Å². The minimum atomic E-state index is -0.981. The molecule has 1 aromatic carbocycles. The van der Waals surface area contributed by atoms with E-state index >= 15 is 0 Å². The van der Waals surface area contributed by atoms with E-state index in [2.05, 4.69) is 0 Å². The van der Waals surface area contributed by atoms with Crippen LogP contribution in [0.5, 0.6) is 0 Å². The summed E-state index contributed by atoms with van der Waals surface area (Å²) in [6, 6.07) is 4.95. The van der Waals surface area contributed by atoms with Crippen molar-refractivity contribution in [3.8, 4) is 0 Å². The number of nitrogens with zero attached hydrogens (tertiary/aromatic N) is 3. The predicted octanol–water partition coefficient (Wildman–Crippen LogP) is 0.515. The van der Waals surface area contributed by atoms with E-state index in [9.17, 15) is 24.5 Å². The van der Waals surface area contributed by atoms with Crippen LogP contribution in [0.15, 0.2) is 24.3 Å². The number of imide groups is 2. The molecule has 2 rings (SSSR count). The number of amides is 4. The van der Waals surface area contributed by atoms with Gasteiger partial charge in [-0.3, -0.25) is 29.5 Å². The Morgan fingerprint density at radius 3 is 2.32 bits per heavy atom. The Bertz CT molecular complexity index is 598. The molecule has 98 valence electrons. The molecule has 8 heteroatoms. The molecular formula is C11H9N3O5. The van der Waals surface area contributed by atoms with Gasteiger partial charge in [-0.05, 0) is 0 Å². The third kappa shape index (κ3) is 2.03. The molecule has 1 aliphatic rings. The molecule has 0 spiro atoms. The van der Waals surface area contributed by atoms with Gasteiger partial charge in [0.15, 0.2) is 0 Å². The number of carbonyl (C=O) groups excluding carboxylic acids is 3. The Balaban J connectivity index is 2.32. The van der Waals surface area contributed by atoms with Crippen LogP contribution in [0.25, 0.3) is 0 Å². The lowest BCUT2D eigenvalue weighted by Crippen LogP contribution is -2.31. The van der Waals surface area contributed by atoms with Crippen LogP contribution < -0.4 is 0 Å². The summed E-state index contributed by atoms with van der Waals surface area (Å²) in [5.41, 5.74) is -0.0117. The number of urea groups is 1. The second-order valence-electron chi connectivity index (χ2n) is 3.92. The van der Waals surface area contributed by atoms with Gasteiger partial charge in [-0.2, -0.15) is 0 Å². The Kier molecular flexibility index (Phi) is 2.99. The number of nitro benzene ring substituents is 1. The fraction of sp³-hybridized carbons (Fsp3) is 0.182. The smallest absolute Gasteiger partial charge is 0.263 e. The van der Waals surface area contributed by atoms with E-state index in [0.717, 1.165) is 0 Å². The van der Waals surface area contributed by atoms with E-state index in [1.807, 2.05) is 0 Å². The average molecular weight is 263 g/mol. The summed E-state index contributed by atoms with van der Waals surface area (Å²) < 4.78 is 0. The summed E-state index contributed by atoms with van der Waals surface area (Å²) in [6.45, 7) is -0.301. The first-order chi connectivity index (χ1) is 8.93. The minimum Gasteiger partial charge on any atom is -0.263 e. The molecule has 4 amide bonds. The Morgan fingerprint density at radius 1 is 1.16 bits per heavy atom. The largest absolute Gasteiger partial charge is 0.334 e. The van der Waals surface area contributed by atoms with E-state index in [-0.39, 0.29) is 17.8 Å². The van der Waals surface area contributed by atoms with E-state index in [4.69, 9.17) is 0 Å². The van der Waals surface area contributed by atoms with Crippen LogP contribution in [0.1, 0.15) is 5.56 Å². The molecule has 1 heterocycles. The van der Waals surface area contributed by atoms with Gasteiger partial charge in [0.25, 0.3) is 5.69 Å². The Labute approximate surface area is 107 Å². The number of hydrogen-bond donors (Lipinski definition) is 0. The molecule has 0 bridgehead atoms. The number of para-hydroxylation sites is 1. The van der Waals surface area contributed by atoms with Crippen LogP contribution in [0, 0.1) is 10.1 Å². The highest BCUT2D eigenvalue weighted by atomic mass is 16.6. The van der Waals surface area contributed by atoms with Crippen LogP contribution in [0.3, 0.4) is 0 Å². The Hall–Kier alpha value is -2.77. The number of rotatable bonds is 3. The topological polar surface area (TPSA) is 101 Å². The van der Waals surface area contributed by atoms with Gasteiger partial charge >= 0.3 is 17.8 Å². The van der Waals surface area contributed by atoms with Gasteiger partial charge in [0, 0.05) is 18.7 Å². The molecule has 0 atom stereocenters. The van der Waals surface area contributed by atoms with Gasteiger partial charge in [-0.25, -0.2) is 4.79 Å². The maximum atomic E-state index is 11.7. The molecule has 0 aliphatic carbocycles. The zero-order valence-electron chi connectivity index (χ0n) is 9.90. The summed E-state index contributed by atoms with van der Waals surface area (Å²) in [5.74, 6) is -1.92. The highest BCUT2D eigenvalue weighted by Gasteiger charge is 2.42. The van der Waals surface area contributed by atoms with E-state index in [1.54, 1.807) is 6.07 Å². The summed E-state index contributed by atoms with van der Waals surface area (Å²) >= 11 is 0. The maximum absolute atomic E-state index is 11.7. The molecule has 19 heavy (non-hydrogen) atoms. The molecule has 1 fully saturated rings. The van der Waals surface area contributed by atoms with Crippen LogP contribution >= 0.6 is 0 Å². The minimum absolute atomic E-state index is 0.192. The van der Waals surface area contributed by atoms with Crippen LogP contribution in [0.4, 0.5) is 10.5 Å². The number of carbonyl (C=O) groups is 3. The third-order valence-corrected chi connectivity index (χ3v) is 2.77. The fourth-order valence-electron chi connectivity index (χ4n) is 1.75. The first kappa shape index (κ1) is 12.7. The van der Waals surface area contributed by atoms with Gasteiger partial charge in [0.1, 0.15) is 0 Å². The van der Waals surface area contributed by atoms with Crippen molar-refractivity contribution in [2.24, 2.45) is 0 Å². The van der Waals surface area contributed by atoms with Gasteiger partial charge in [0.2, 0.25) is 0 Å². The molecule has 0 aromatic heterocycles. The molecular weight excluding hydrogens is 254 g/mol. The molecule has 1 saturated heterocycles. The second kappa shape index (κ2) is 4.48. The first-order valence-electron chi connectivity index (χ1n) is 5.29. The summed E-state index contributed by atoms with van der Waals surface area (Å²) in [4.78, 5) is 46.1. The molecule has 1 aliphatic heterocycles. The van der Waals surface area contributed by atoms with Crippen molar-refractivity contribution in [2.75, 3.05) is 7.05 Å². The molecule has 0 radical (unpaired) electrons. The number of likely N-dealkylation sites (N-methyl/N-ethyl adjacent to an activating group) is 1. The third-order valence-electron chi connectivity index (χ3n) is 2.77. The van der Waals surface area contributed by atoms with Gasteiger partial charge in [0.05, 0.1) is 11.5 Å². The van der Waals surface area contributed by atoms with Crippen LogP contribution in [0.2, 0.25) is 0 Å². The SMILES string of the molecule is CN1C(=O)C(=O)N(Cc2ccccc2[N+](=O)[O-])C1=O. The summed E-state index contributed by atoms with van der Waals surface area (Å²) in [5, 5.41) is 10.8. The quantitative estimate of drug-likeness (QED) is 0.342. The van der Waals surface area contributed by atoms with Crippen molar-refractivity contribution < 1.29 is 19.3 Å². The van der Waals surface area contributed by atoms with E-state index in [0.29, 0.717) is 9.80 Å². The zero-order valence-corrected chi connectivity index (χ0v) is 9.90. The molecule has 0 saturated carbocycles. The molecule has 1 aromatic rings. The van der Waals surface area contributed by atoms with Crippen molar-refractivity contribution in [3.63, 3.8) is 0 Å². The van der Waals surface area contributed by atoms with Crippen molar-refractivity contribution in [1.29, 1.82) is 0 Å². The lowest BCUT2D eigenvalue weighted by molar-refractivity contribution is -0.385. The van der Waals surface area contributed by atoms with Crippen molar-refractivity contribution in [3.05, 3.63) is 39.9 Å². The maximum Gasteiger partial charge on any atom is 0.334 e. The number of nitro groups is 1. The lowest BCUT2D eigenvalue weighted by Gasteiger charge is -2.12. The van der Waals surface area contributed by atoms with E-state index < -0.39 is 22.8 Å². The summed E-state index contributed by atoms with van der Waals surface area (Å²) in [6.07, 6.45) is 0. The number of hydrogen-bond acceptors (Lipinski definition) is 5. The zero-order chi connectivity index (χ0) is 14.2. The lowest BCUT2D eigenvalue weighted by atomic mass is 10.1. The Morgan fingerprint density at radius 2 is 1.79 bits per heavy atom. The van der Waals surface area contributed by atoms with Crippen molar-refractivity contribution in [1.82, 2.24) is 9.80 Å². The predicted molar refractivity (Wildman–Crippen MR) is 61.8 cm³/mol. The number of benzene rings is 1. The first-order valence-corrected chi connectivity index (χ1v) is 5.29. The van der Waals surface area contributed by atoms with Crippen LogP contribution in [-0.2, 0) is 16.1 Å². The van der Waals surface area contributed by atoms with Crippen molar-refractivity contribution in [2.45, 2.75) is 6.54 Å². The normalized spacial score (nSPS) is 15.3. The highest BCUT2D eigenvalue weighted by Crippen LogP contribution is 2.22.